The van der Waals surface area contributed by atoms with E-state index >= 15 is 0 Å². The van der Waals surface area contributed by atoms with Crippen molar-refractivity contribution in [3.63, 3.8) is 0 Å². The molecule has 4 heterocycles. The number of rotatable bonds is 5. The second-order valence-electron chi connectivity index (χ2n) is 9.32. The summed E-state index contributed by atoms with van der Waals surface area (Å²) in [5.41, 5.74) is 1.59. The number of benzene rings is 1. The highest BCUT2D eigenvalue weighted by Crippen LogP contribution is 2.40. The zero-order valence-electron chi connectivity index (χ0n) is 19.0. The SMILES string of the molecule is COc1cc(N2C[C@H]3CC[C@@H](C2)[C@@H]3Nc2nc3n(n2)CCCN3c2cc(F)cc(F)c2)ccn1. The molecule has 6 rings (SSSR count). The fourth-order valence-corrected chi connectivity index (χ4v) is 5.69. The molecule has 2 aliphatic heterocycles. The molecule has 0 spiro atoms. The standard InChI is InChI=1S/C24H27F2N7O/c1-34-21-12-19(5-6-27-21)31-13-15-3-4-16(14-31)22(15)28-23-29-24-32(7-2-8-33(24)30-23)20-10-17(25)9-18(26)11-20/h5-6,9-12,15-16,22H,2-4,7-8,13-14H2,1H3,(H,28,30)/t15-,16+,22-. The van der Waals surface area contributed by atoms with Crippen molar-refractivity contribution in [3.8, 4) is 5.88 Å². The average molecular weight is 468 g/mol. The van der Waals surface area contributed by atoms with Crippen molar-refractivity contribution in [2.75, 3.05) is 41.9 Å². The Morgan fingerprint density at radius 1 is 1.00 bits per heavy atom. The third-order valence-electron chi connectivity index (χ3n) is 7.23. The Bertz CT molecular complexity index is 1170. The molecule has 3 aliphatic rings. The van der Waals surface area contributed by atoms with Crippen LogP contribution in [0.4, 0.5) is 32.1 Å². The molecule has 2 bridgehead atoms. The van der Waals surface area contributed by atoms with E-state index in [1.165, 1.54) is 12.1 Å². The van der Waals surface area contributed by atoms with Gasteiger partial charge in [-0.1, -0.05) is 0 Å². The number of methoxy groups -OCH3 is 1. The Kier molecular flexibility index (Phi) is 5.23. The minimum atomic E-state index is -0.597. The number of hydrogen-bond acceptors (Lipinski definition) is 7. The lowest BCUT2D eigenvalue weighted by Gasteiger charge is -2.39. The number of anilines is 4. The summed E-state index contributed by atoms with van der Waals surface area (Å²) in [6.07, 6.45) is 4.93. The summed E-state index contributed by atoms with van der Waals surface area (Å²) < 4.78 is 34.8. The Morgan fingerprint density at radius 2 is 1.76 bits per heavy atom. The topological polar surface area (TPSA) is 71.3 Å². The molecule has 0 unspecified atom stereocenters. The van der Waals surface area contributed by atoms with Crippen LogP contribution in [0, 0.1) is 23.5 Å². The first-order valence-electron chi connectivity index (χ1n) is 11.8. The van der Waals surface area contributed by atoms with Crippen molar-refractivity contribution >= 4 is 23.3 Å². The molecule has 0 radical (unpaired) electrons. The van der Waals surface area contributed by atoms with E-state index in [1.807, 2.05) is 21.7 Å². The monoisotopic (exact) mass is 467 g/mol. The minimum absolute atomic E-state index is 0.296. The van der Waals surface area contributed by atoms with Gasteiger partial charge in [0.1, 0.15) is 11.6 Å². The Hall–Kier alpha value is -3.43. The highest BCUT2D eigenvalue weighted by atomic mass is 19.1. The summed E-state index contributed by atoms with van der Waals surface area (Å²) in [6, 6.07) is 7.88. The van der Waals surface area contributed by atoms with E-state index in [1.54, 1.807) is 13.3 Å². The molecule has 2 aromatic heterocycles. The Labute approximate surface area is 196 Å². The molecule has 34 heavy (non-hydrogen) atoms. The van der Waals surface area contributed by atoms with E-state index in [4.69, 9.17) is 9.72 Å². The van der Waals surface area contributed by atoms with Crippen LogP contribution < -0.4 is 19.9 Å². The molecule has 3 aromatic rings. The zero-order chi connectivity index (χ0) is 23.2. The van der Waals surface area contributed by atoms with Crippen LogP contribution in [-0.2, 0) is 6.54 Å². The van der Waals surface area contributed by atoms with Gasteiger partial charge in [0.05, 0.1) is 7.11 Å². The number of fused-ring (bicyclic) bond motifs is 3. The maximum Gasteiger partial charge on any atom is 0.244 e. The third kappa shape index (κ3) is 3.80. The van der Waals surface area contributed by atoms with Crippen LogP contribution in [0.25, 0.3) is 0 Å². The molecular formula is C24H27F2N7O. The largest absolute Gasteiger partial charge is 0.481 e. The molecule has 10 heteroatoms. The smallest absolute Gasteiger partial charge is 0.244 e. The maximum atomic E-state index is 13.8. The summed E-state index contributed by atoms with van der Waals surface area (Å²) >= 11 is 0. The van der Waals surface area contributed by atoms with Crippen LogP contribution in [0.3, 0.4) is 0 Å². The number of pyridine rings is 1. The molecule has 8 nitrogen and oxygen atoms in total. The number of aromatic nitrogens is 4. The Balaban J connectivity index is 1.20. The molecule has 1 saturated carbocycles. The predicted octanol–water partition coefficient (Wildman–Crippen LogP) is 3.83. The number of halogens is 2. The van der Waals surface area contributed by atoms with Crippen LogP contribution in [-0.4, -0.2) is 52.5 Å². The van der Waals surface area contributed by atoms with Crippen LogP contribution in [0.2, 0.25) is 0 Å². The van der Waals surface area contributed by atoms with Gasteiger partial charge in [-0.3, -0.25) is 0 Å². The lowest BCUT2D eigenvalue weighted by Crippen LogP contribution is -2.48. The summed E-state index contributed by atoms with van der Waals surface area (Å²) in [4.78, 5) is 13.2. The van der Waals surface area contributed by atoms with Gasteiger partial charge in [0.15, 0.2) is 0 Å². The van der Waals surface area contributed by atoms with Gasteiger partial charge >= 0.3 is 0 Å². The normalized spacial score (nSPS) is 23.7. The van der Waals surface area contributed by atoms with E-state index in [9.17, 15) is 8.78 Å². The molecule has 1 N–H and O–H groups in total. The van der Waals surface area contributed by atoms with Crippen molar-refractivity contribution < 1.29 is 13.5 Å². The van der Waals surface area contributed by atoms with Gasteiger partial charge in [0.25, 0.3) is 0 Å². The van der Waals surface area contributed by atoms with Gasteiger partial charge in [0.2, 0.25) is 17.8 Å². The lowest BCUT2D eigenvalue weighted by molar-refractivity contribution is 0.374. The van der Waals surface area contributed by atoms with E-state index < -0.39 is 11.6 Å². The fourth-order valence-electron chi connectivity index (χ4n) is 5.69. The van der Waals surface area contributed by atoms with Crippen molar-refractivity contribution in [2.24, 2.45) is 11.8 Å². The van der Waals surface area contributed by atoms with Crippen LogP contribution >= 0.6 is 0 Å². The highest BCUT2D eigenvalue weighted by Gasteiger charge is 2.43. The van der Waals surface area contributed by atoms with Crippen molar-refractivity contribution in [2.45, 2.75) is 31.8 Å². The molecule has 1 saturated heterocycles. The molecule has 1 aromatic carbocycles. The van der Waals surface area contributed by atoms with Gasteiger partial charge in [-0.2, -0.15) is 4.98 Å². The first-order chi connectivity index (χ1) is 16.6. The minimum Gasteiger partial charge on any atom is -0.481 e. The van der Waals surface area contributed by atoms with Gasteiger partial charge in [-0.05, 0) is 49.3 Å². The second kappa shape index (κ2) is 8.41. The molecular weight excluding hydrogens is 440 g/mol. The van der Waals surface area contributed by atoms with Gasteiger partial charge in [-0.15, -0.1) is 5.10 Å². The van der Waals surface area contributed by atoms with E-state index in [2.05, 4.69) is 20.3 Å². The van der Waals surface area contributed by atoms with Crippen molar-refractivity contribution in [3.05, 3.63) is 48.2 Å². The molecule has 178 valence electrons. The summed E-state index contributed by atoms with van der Waals surface area (Å²) in [7, 11) is 1.63. The molecule has 1 aliphatic carbocycles. The fraction of sp³-hybridized carbons (Fsp3) is 0.458. The number of hydrogen-bond donors (Lipinski definition) is 1. The van der Waals surface area contributed by atoms with E-state index in [0.29, 0.717) is 47.9 Å². The molecule has 0 amide bonds. The molecule has 3 atom stereocenters. The summed E-state index contributed by atoms with van der Waals surface area (Å²) in [6.45, 7) is 3.26. The first kappa shape index (κ1) is 21.1. The molecule has 2 fully saturated rings. The first-order valence-corrected chi connectivity index (χ1v) is 11.8. The zero-order valence-corrected chi connectivity index (χ0v) is 19.0. The van der Waals surface area contributed by atoms with Crippen LogP contribution in [0.5, 0.6) is 5.88 Å². The Morgan fingerprint density at radius 3 is 2.50 bits per heavy atom. The van der Waals surface area contributed by atoms with Gasteiger partial charge < -0.3 is 19.9 Å². The second-order valence-corrected chi connectivity index (χ2v) is 9.32. The quantitative estimate of drug-likeness (QED) is 0.612. The average Bonchev–Trinajstić information content (AvgIpc) is 3.34. The van der Waals surface area contributed by atoms with Crippen LogP contribution in [0.15, 0.2) is 36.5 Å². The van der Waals surface area contributed by atoms with E-state index in [-0.39, 0.29) is 0 Å². The summed E-state index contributed by atoms with van der Waals surface area (Å²) in [5.74, 6) is 1.59. The number of ether oxygens (including phenoxy) is 1. The number of nitrogens with zero attached hydrogens (tertiary/aromatic N) is 6. The van der Waals surface area contributed by atoms with Crippen LogP contribution in [0.1, 0.15) is 19.3 Å². The predicted molar refractivity (Wildman–Crippen MR) is 125 cm³/mol. The van der Waals surface area contributed by atoms with Crippen molar-refractivity contribution in [1.29, 1.82) is 0 Å². The summed E-state index contributed by atoms with van der Waals surface area (Å²) in [5, 5.41) is 8.30. The van der Waals surface area contributed by atoms with Gasteiger partial charge in [0, 0.05) is 61.9 Å². The number of aryl methyl sites for hydroxylation is 1. The van der Waals surface area contributed by atoms with E-state index in [0.717, 1.165) is 50.7 Å². The lowest BCUT2D eigenvalue weighted by atomic mass is 9.92. The van der Waals surface area contributed by atoms with Crippen molar-refractivity contribution in [1.82, 2.24) is 19.7 Å². The maximum absolute atomic E-state index is 13.8. The highest BCUT2D eigenvalue weighted by molar-refractivity contribution is 5.59. The van der Waals surface area contributed by atoms with Gasteiger partial charge in [-0.25, -0.2) is 18.4 Å². The third-order valence-corrected chi connectivity index (χ3v) is 7.23. The number of piperidine rings is 1. The number of nitrogens with one attached hydrogen (secondary N) is 1.